The number of carbonyl (C=O) groups is 1. The zero-order valence-corrected chi connectivity index (χ0v) is 18.2. The maximum atomic E-state index is 12.8. The minimum absolute atomic E-state index is 0.203. The number of piperazine rings is 2. The first kappa shape index (κ1) is 21.1. The van der Waals surface area contributed by atoms with Crippen LogP contribution >= 0.6 is 0 Å². The van der Waals surface area contributed by atoms with E-state index in [0.717, 1.165) is 26.2 Å². The Bertz CT molecular complexity index is 773. The van der Waals surface area contributed by atoms with Crippen LogP contribution in [0.5, 0.6) is 0 Å². The SMILES string of the molecule is Cc1nc(C#N)c(N2CCN(C(=O)CN3CCN(C4CCCN(C)C4)CC3)CC2)o1. The zero-order valence-electron chi connectivity index (χ0n) is 18.2. The Hall–Kier alpha value is -2.15. The van der Waals surface area contributed by atoms with E-state index in [1.807, 2.05) is 9.80 Å². The molecule has 0 aromatic carbocycles. The van der Waals surface area contributed by atoms with Gasteiger partial charge in [-0.05, 0) is 26.4 Å². The second kappa shape index (κ2) is 9.33. The standard InChI is InChI=1S/C21H33N7O2/c1-17-23-19(14-22)21(30-17)28-12-10-27(11-13-28)20(29)16-25-6-8-26(9-7-25)18-4-3-5-24(2)15-18/h18H,3-13,15-16H2,1-2H3. The number of oxazole rings is 1. The van der Waals surface area contributed by atoms with Gasteiger partial charge in [0.15, 0.2) is 5.89 Å². The Kier molecular flexibility index (Phi) is 6.56. The Balaban J connectivity index is 1.21. The number of carbonyl (C=O) groups excluding carboxylic acids is 1. The molecular formula is C21H33N7O2. The summed E-state index contributed by atoms with van der Waals surface area (Å²) in [6.45, 7) is 11.3. The van der Waals surface area contributed by atoms with Crippen molar-refractivity contribution in [1.82, 2.24) is 24.6 Å². The quantitative estimate of drug-likeness (QED) is 0.691. The zero-order chi connectivity index (χ0) is 21.1. The Labute approximate surface area is 178 Å². The van der Waals surface area contributed by atoms with Gasteiger partial charge in [-0.25, -0.2) is 4.98 Å². The summed E-state index contributed by atoms with van der Waals surface area (Å²) in [5.74, 6) is 1.24. The van der Waals surface area contributed by atoms with Gasteiger partial charge < -0.3 is 19.1 Å². The predicted octanol–water partition coefficient (Wildman–Crippen LogP) is 0.215. The molecule has 0 aliphatic carbocycles. The number of piperidine rings is 1. The van der Waals surface area contributed by atoms with Crippen LogP contribution in [0.3, 0.4) is 0 Å². The molecule has 3 saturated heterocycles. The van der Waals surface area contributed by atoms with Crippen LogP contribution in [0.2, 0.25) is 0 Å². The van der Waals surface area contributed by atoms with E-state index in [4.69, 9.17) is 4.42 Å². The highest BCUT2D eigenvalue weighted by Crippen LogP contribution is 2.23. The lowest BCUT2D eigenvalue weighted by Gasteiger charge is -2.43. The van der Waals surface area contributed by atoms with E-state index < -0.39 is 0 Å². The molecule has 0 bridgehead atoms. The van der Waals surface area contributed by atoms with E-state index in [1.165, 1.54) is 25.9 Å². The number of hydrogen-bond donors (Lipinski definition) is 0. The highest BCUT2D eigenvalue weighted by molar-refractivity contribution is 5.78. The van der Waals surface area contributed by atoms with Crippen molar-refractivity contribution >= 4 is 11.8 Å². The number of anilines is 1. The van der Waals surface area contributed by atoms with E-state index >= 15 is 0 Å². The molecule has 3 aliphatic heterocycles. The first-order valence-corrected chi connectivity index (χ1v) is 11.1. The van der Waals surface area contributed by atoms with Crippen LogP contribution in [0.25, 0.3) is 0 Å². The van der Waals surface area contributed by atoms with E-state index in [-0.39, 0.29) is 5.91 Å². The van der Waals surface area contributed by atoms with Crippen LogP contribution in [0.15, 0.2) is 4.42 Å². The number of nitriles is 1. The van der Waals surface area contributed by atoms with Crippen molar-refractivity contribution in [3.63, 3.8) is 0 Å². The molecule has 1 aromatic heterocycles. The monoisotopic (exact) mass is 415 g/mol. The first-order chi connectivity index (χ1) is 14.5. The summed E-state index contributed by atoms with van der Waals surface area (Å²) in [6.07, 6.45) is 2.58. The first-order valence-electron chi connectivity index (χ1n) is 11.1. The van der Waals surface area contributed by atoms with Crippen molar-refractivity contribution in [2.75, 3.05) is 83.9 Å². The number of hydrogen-bond acceptors (Lipinski definition) is 8. The van der Waals surface area contributed by atoms with Gasteiger partial charge in [-0.2, -0.15) is 5.26 Å². The molecule has 164 valence electrons. The summed E-state index contributed by atoms with van der Waals surface area (Å²) in [5, 5.41) is 9.22. The summed E-state index contributed by atoms with van der Waals surface area (Å²) >= 11 is 0. The highest BCUT2D eigenvalue weighted by atomic mass is 16.4. The van der Waals surface area contributed by atoms with Gasteiger partial charge in [0.25, 0.3) is 0 Å². The molecule has 0 radical (unpaired) electrons. The average molecular weight is 416 g/mol. The predicted molar refractivity (Wildman–Crippen MR) is 113 cm³/mol. The number of likely N-dealkylation sites (N-methyl/N-ethyl adjacent to an activating group) is 1. The molecule has 0 spiro atoms. The van der Waals surface area contributed by atoms with Crippen molar-refractivity contribution < 1.29 is 9.21 Å². The number of aromatic nitrogens is 1. The van der Waals surface area contributed by atoms with Crippen LogP contribution < -0.4 is 4.90 Å². The van der Waals surface area contributed by atoms with Gasteiger partial charge >= 0.3 is 0 Å². The smallest absolute Gasteiger partial charge is 0.236 e. The summed E-state index contributed by atoms with van der Waals surface area (Å²) in [6, 6.07) is 2.76. The molecule has 3 aliphatic rings. The van der Waals surface area contributed by atoms with Crippen LogP contribution in [0.1, 0.15) is 24.4 Å². The summed E-state index contributed by atoms with van der Waals surface area (Å²) in [4.78, 5) is 28.2. The van der Waals surface area contributed by atoms with Crippen molar-refractivity contribution in [2.45, 2.75) is 25.8 Å². The molecule has 1 amide bonds. The molecule has 4 rings (SSSR count). The molecule has 0 N–H and O–H groups in total. The lowest BCUT2D eigenvalue weighted by molar-refractivity contribution is -0.133. The largest absolute Gasteiger partial charge is 0.424 e. The van der Waals surface area contributed by atoms with E-state index in [0.29, 0.717) is 56.2 Å². The number of nitrogens with zero attached hydrogens (tertiary/aromatic N) is 7. The van der Waals surface area contributed by atoms with Crippen LogP contribution in [0, 0.1) is 18.3 Å². The summed E-state index contributed by atoms with van der Waals surface area (Å²) < 4.78 is 5.60. The Morgan fingerprint density at radius 2 is 1.87 bits per heavy atom. The number of likely N-dealkylation sites (tertiary alicyclic amines) is 1. The fourth-order valence-electron chi connectivity index (χ4n) is 4.88. The number of rotatable bonds is 4. The molecule has 4 heterocycles. The van der Waals surface area contributed by atoms with E-state index in [9.17, 15) is 10.1 Å². The van der Waals surface area contributed by atoms with E-state index in [1.54, 1.807) is 6.92 Å². The average Bonchev–Trinajstić information content (AvgIpc) is 3.15. The molecule has 30 heavy (non-hydrogen) atoms. The van der Waals surface area contributed by atoms with Gasteiger partial charge in [-0.15, -0.1) is 0 Å². The van der Waals surface area contributed by atoms with Crippen LogP contribution in [0.4, 0.5) is 5.88 Å². The maximum absolute atomic E-state index is 12.8. The molecule has 1 aromatic rings. The third-order valence-electron chi connectivity index (χ3n) is 6.62. The van der Waals surface area contributed by atoms with Gasteiger partial charge in [0, 0.05) is 71.9 Å². The summed E-state index contributed by atoms with van der Waals surface area (Å²) in [7, 11) is 2.21. The minimum Gasteiger partial charge on any atom is -0.424 e. The Morgan fingerprint density at radius 1 is 1.13 bits per heavy atom. The van der Waals surface area contributed by atoms with E-state index in [2.05, 4.69) is 32.8 Å². The van der Waals surface area contributed by atoms with Crippen LogP contribution in [-0.4, -0.2) is 116 Å². The number of amides is 1. The molecular weight excluding hydrogens is 382 g/mol. The van der Waals surface area contributed by atoms with Gasteiger partial charge in [0.2, 0.25) is 17.5 Å². The van der Waals surface area contributed by atoms with Gasteiger partial charge in [-0.1, -0.05) is 0 Å². The maximum Gasteiger partial charge on any atom is 0.236 e. The molecule has 9 heteroatoms. The lowest BCUT2D eigenvalue weighted by Crippen LogP contribution is -2.56. The molecule has 0 saturated carbocycles. The van der Waals surface area contributed by atoms with Crippen molar-refractivity contribution in [3.8, 4) is 6.07 Å². The lowest BCUT2D eigenvalue weighted by atomic mass is 10.0. The minimum atomic E-state index is 0.203. The molecule has 1 unspecified atom stereocenters. The number of aryl methyl sites for hydroxylation is 1. The normalized spacial score (nSPS) is 24.8. The highest BCUT2D eigenvalue weighted by Gasteiger charge is 2.30. The Morgan fingerprint density at radius 3 is 2.53 bits per heavy atom. The van der Waals surface area contributed by atoms with Crippen molar-refractivity contribution in [2.24, 2.45) is 0 Å². The molecule has 3 fully saturated rings. The summed E-state index contributed by atoms with van der Waals surface area (Å²) in [5.41, 5.74) is 0.328. The molecule has 1 atom stereocenters. The van der Waals surface area contributed by atoms with Crippen molar-refractivity contribution in [1.29, 1.82) is 5.26 Å². The molecule has 9 nitrogen and oxygen atoms in total. The topological polar surface area (TPSA) is 83.1 Å². The van der Waals surface area contributed by atoms with Gasteiger partial charge in [0.1, 0.15) is 6.07 Å². The van der Waals surface area contributed by atoms with Crippen LogP contribution in [-0.2, 0) is 4.79 Å². The fraction of sp³-hybridized carbons (Fsp3) is 0.762. The van der Waals surface area contributed by atoms with Gasteiger partial charge in [-0.3, -0.25) is 14.6 Å². The fourth-order valence-corrected chi connectivity index (χ4v) is 4.88. The second-order valence-corrected chi connectivity index (χ2v) is 8.74. The van der Waals surface area contributed by atoms with Gasteiger partial charge in [0.05, 0.1) is 6.54 Å². The third-order valence-corrected chi connectivity index (χ3v) is 6.62. The second-order valence-electron chi connectivity index (χ2n) is 8.74. The third kappa shape index (κ3) is 4.77. The van der Waals surface area contributed by atoms with Crippen molar-refractivity contribution in [3.05, 3.63) is 11.6 Å².